The minimum absolute atomic E-state index is 0. The summed E-state index contributed by atoms with van der Waals surface area (Å²) >= 11 is 0. The number of nitrogens with one attached hydrogen (secondary N) is 1. The topological polar surface area (TPSA) is 52.0 Å². The van der Waals surface area contributed by atoms with Crippen LogP contribution in [0.4, 0.5) is 5.82 Å². The number of piperazine rings is 1. The van der Waals surface area contributed by atoms with Gasteiger partial charge in [0.1, 0.15) is 11.9 Å². The van der Waals surface area contributed by atoms with Gasteiger partial charge in [-0.2, -0.15) is 5.26 Å². The Morgan fingerprint density at radius 3 is 3.12 bits per heavy atom. The summed E-state index contributed by atoms with van der Waals surface area (Å²) in [6.07, 6.45) is 1.74. The summed E-state index contributed by atoms with van der Waals surface area (Å²) in [6, 6.07) is 6.20. The second kappa shape index (κ2) is 5.69. The van der Waals surface area contributed by atoms with Gasteiger partial charge in [-0.1, -0.05) is 0 Å². The Hall–Kier alpha value is -1.31. The average Bonchev–Trinajstić information content (AvgIpc) is 2.30. The average molecular weight is 239 g/mol. The lowest BCUT2D eigenvalue weighted by Gasteiger charge is -2.35. The monoisotopic (exact) mass is 238 g/mol. The Kier molecular flexibility index (Phi) is 4.53. The highest BCUT2D eigenvalue weighted by Crippen LogP contribution is 2.19. The number of nitrogens with zero attached hydrogens (tertiary/aromatic N) is 3. The fourth-order valence-electron chi connectivity index (χ4n) is 1.87. The summed E-state index contributed by atoms with van der Waals surface area (Å²) in [7, 11) is 0. The number of anilines is 1. The van der Waals surface area contributed by atoms with Gasteiger partial charge in [-0.25, -0.2) is 4.98 Å². The molecule has 1 aliphatic rings. The molecule has 4 nitrogen and oxygen atoms in total. The quantitative estimate of drug-likeness (QED) is 0.798. The molecule has 1 saturated heterocycles. The lowest BCUT2D eigenvalue weighted by molar-refractivity contribution is 0.497. The van der Waals surface area contributed by atoms with Gasteiger partial charge in [-0.15, -0.1) is 12.4 Å². The van der Waals surface area contributed by atoms with Crippen LogP contribution < -0.4 is 10.2 Å². The maximum atomic E-state index is 9.00. The molecule has 1 aromatic rings. The molecule has 0 aromatic carbocycles. The smallest absolute Gasteiger partial charge is 0.146 e. The number of aromatic nitrogens is 1. The Balaban J connectivity index is 0.00000128. The summed E-state index contributed by atoms with van der Waals surface area (Å²) in [5.74, 6) is 0.814. The molecule has 5 heteroatoms. The van der Waals surface area contributed by atoms with Crippen molar-refractivity contribution in [2.45, 2.75) is 13.0 Å². The number of hydrogen-bond donors (Lipinski definition) is 1. The first kappa shape index (κ1) is 12.8. The van der Waals surface area contributed by atoms with E-state index in [1.807, 2.05) is 6.07 Å². The van der Waals surface area contributed by atoms with Gasteiger partial charge in [0, 0.05) is 31.9 Å². The normalized spacial score (nSPS) is 19.8. The van der Waals surface area contributed by atoms with Crippen molar-refractivity contribution in [2.75, 3.05) is 24.5 Å². The predicted molar refractivity (Wildman–Crippen MR) is 65.9 cm³/mol. The van der Waals surface area contributed by atoms with Gasteiger partial charge in [0.2, 0.25) is 0 Å². The molecule has 0 radical (unpaired) electrons. The lowest BCUT2D eigenvalue weighted by Crippen LogP contribution is -2.50. The molecule has 1 aliphatic heterocycles. The van der Waals surface area contributed by atoms with Crippen molar-refractivity contribution in [1.82, 2.24) is 10.3 Å². The van der Waals surface area contributed by atoms with Crippen LogP contribution in [0.2, 0.25) is 0 Å². The molecule has 0 aliphatic carbocycles. The van der Waals surface area contributed by atoms with E-state index in [0.29, 0.717) is 11.6 Å². The highest BCUT2D eigenvalue weighted by Gasteiger charge is 2.21. The van der Waals surface area contributed by atoms with E-state index in [9.17, 15) is 0 Å². The van der Waals surface area contributed by atoms with E-state index in [4.69, 9.17) is 5.26 Å². The summed E-state index contributed by atoms with van der Waals surface area (Å²) in [4.78, 5) is 6.49. The molecule has 1 atom stereocenters. The first-order valence-corrected chi connectivity index (χ1v) is 5.15. The van der Waals surface area contributed by atoms with Crippen molar-refractivity contribution in [3.8, 4) is 6.07 Å². The summed E-state index contributed by atoms with van der Waals surface area (Å²) in [5.41, 5.74) is 0.659. The van der Waals surface area contributed by atoms with Crippen LogP contribution in [0.3, 0.4) is 0 Å². The fourth-order valence-corrected chi connectivity index (χ4v) is 1.87. The van der Waals surface area contributed by atoms with Crippen molar-refractivity contribution in [3.05, 3.63) is 23.9 Å². The van der Waals surface area contributed by atoms with Crippen LogP contribution in [-0.4, -0.2) is 30.7 Å². The van der Waals surface area contributed by atoms with Gasteiger partial charge >= 0.3 is 0 Å². The molecule has 1 N–H and O–H groups in total. The van der Waals surface area contributed by atoms with Crippen LogP contribution in [0.15, 0.2) is 18.3 Å². The number of nitriles is 1. The minimum atomic E-state index is 0. The SMILES string of the molecule is CC1CNCCN1c1ncccc1C#N.Cl. The summed E-state index contributed by atoms with van der Waals surface area (Å²) < 4.78 is 0. The molecule has 16 heavy (non-hydrogen) atoms. The Bertz CT molecular complexity index is 388. The zero-order chi connectivity index (χ0) is 10.7. The van der Waals surface area contributed by atoms with E-state index in [0.717, 1.165) is 25.5 Å². The largest absolute Gasteiger partial charge is 0.350 e. The third-order valence-corrected chi connectivity index (χ3v) is 2.68. The van der Waals surface area contributed by atoms with Gasteiger partial charge in [-0.05, 0) is 19.1 Å². The molecule has 0 bridgehead atoms. The van der Waals surface area contributed by atoms with Crippen molar-refractivity contribution >= 4 is 18.2 Å². The first-order valence-electron chi connectivity index (χ1n) is 5.15. The molecule has 1 fully saturated rings. The van der Waals surface area contributed by atoms with Crippen LogP contribution in [0.1, 0.15) is 12.5 Å². The maximum absolute atomic E-state index is 9.00. The lowest BCUT2D eigenvalue weighted by atomic mass is 10.2. The maximum Gasteiger partial charge on any atom is 0.146 e. The van der Waals surface area contributed by atoms with Crippen molar-refractivity contribution in [3.63, 3.8) is 0 Å². The minimum Gasteiger partial charge on any atom is -0.350 e. The second-order valence-corrected chi connectivity index (χ2v) is 3.73. The number of halogens is 1. The van der Waals surface area contributed by atoms with Gasteiger partial charge < -0.3 is 10.2 Å². The molecule has 86 valence electrons. The molecule has 0 spiro atoms. The molecular formula is C11H15ClN4. The van der Waals surface area contributed by atoms with Crippen molar-refractivity contribution in [2.24, 2.45) is 0 Å². The van der Waals surface area contributed by atoms with E-state index in [1.165, 1.54) is 0 Å². The van der Waals surface area contributed by atoms with Crippen LogP contribution >= 0.6 is 12.4 Å². The van der Waals surface area contributed by atoms with Gasteiger partial charge in [0.15, 0.2) is 0 Å². The number of hydrogen-bond acceptors (Lipinski definition) is 4. The van der Waals surface area contributed by atoms with E-state index in [2.05, 4.69) is 28.2 Å². The number of rotatable bonds is 1. The van der Waals surface area contributed by atoms with E-state index < -0.39 is 0 Å². The summed E-state index contributed by atoms with van der Waals surface area (Å²) in [5, 5.41) is 12.3. The Morgan fingerprint density at radius 1 is 1.62 bits per heavy atom. The molecule has 1 aromatic heterocycles. The van der Waals surface area contributed by atoms with Crippen molar-refractivity contribution < 1.29 is 0 Å². The van der Waals surface area contributed by atoms with Gasteiger partial charge in [0.05, 0.1) is 5.56 Å². The molecular weight excluding hydrogens is 224 g/mol. The van der Waals surface area contributed by atoms with Crippen LogP contribution in [-0.2, 0) is 0 Å². The molecule has 0 saturated carbocycles. The fraction of sp³-hybridized carbons (Fsp3) is 0.455. The van der Waals surface area contributed by atoms with Crippen LogP contribution in [0.5, 0.6) is 0 Å². The number of pyridine rings is 1. The third kappa shape index (κ3) is 2.43. The van der Waals surface area contributed by atoms with E-state index in [1.54, 1.807) is 12.3 Å². The van der Waals surface area contributed by atoms with E-state index in [-0.39, 0.29) is 12.4 Å². The predicted octanol–water partition coefficient (Wildman–Crippen LogP) is 1.17. The van der Waals surface area contributed by atoms with Gasteiger partial charge in [-0.3, -0.25) is 0 Å². The standard InChI is InChI=1S/C11H14N4.ClH/c1-9-8-13-5-6-15(9)11-10(7-12)3-2-4-14-11;/h2-4,9,13H,5-6,8H2,1H3;1H. The molecule has 1 unspecified atom stereocenters. The highest BCUT2D eigenvalue weighted by molar-refractivity contribution is 5.85. The molecule has 2 rings (SSSR count). The summed E-state index contributed by atoms with van der Waals surface area (Å²) in [6.45, 7) is 4.95. The highest BCUT2D eigenvalue weighted by atomic mass is 35.5. The van der Waals surface area contributed by atoms with Crippen molar-refractivity contribution in [1.29, 1.82) is 5.26 Å². The van der Waals surface area contributed by atoms with Crippen LogP contribution in [0, 0.1) is 11.3 Å². The van der Waals surface area contributed by atoms with Gasteiger partial charge in [0.25, 0.3) is 0 Å². The zero-order valence-corrected chi connectivity index (χ0v) is 10.00. The molecule has 0 amide bonds. The first-order chi connectivity index (χ1) is 7.33. The molecule has 2 heterocycles. The van der Waals surface area contributed by atoms with E-state index >= 15 is 0 Å². The Labute approximate surface area is 102 Å². The zero-order valence-electron chi connectivity index (χ0n) is 9.18. The Morgan fingerprint density at radius 2 is 2.44 bits per heavy atom. The van der Waals surface area contributed by atoms with Crippen LogP contribution in [0.25, 0.3) is 0 Å². The second-order valence-electron chi connectivity index (χ2n) is 3.73. The third-order valence-electron chi connectivity index (χ3n) is 2.68.